The van der Waals surface area contributed by atoms with Gasteiger partial charge in [0.25, 0.3) is 0 Å². The number of primary amides is 1. The molecule has 0 aliphatic carbocycles. The van der Waals surface area contributed by atoms with Gasteiger partial charge in [0.15, 0.2) is 0 Å². The molecular weight excluding hydrogens is 334 g/mol. The van der Waals surface area contributed by atoms with Crippen molar-refractivity contribution in [2.24, 2.45) is 11.5 Å². The molecule has 1 fully saturated rings. The minimum Gasteiger partial charge on any atom is -0.366 e. The van der Waals surface area contributed by atoms with Gasteiger partial charge in [-0.1, -0.05) is 15.9 Å². The number of hydrogen-bond acceptors (Lipinski definition) is 4. The Morgan fingerprint density at radius 3 is 2.58 bits per heavy atom. The maximum Gasteiger partial charge on any atom is 0.248 e. The summed E-state index contributed by atoms with van der Waals surface area (Å²) in [7, 11) is -3.63. The van der Waals surface area contributed by atoms with Gasteiger partial charge in [0, 0.05) is 29.2 Å². The van der Waals surface area contributed by atoms with Gasteiger partial charge in [-0.3, -0.25) is 4.79 Å². The number of carbonyl (C=O) groups is 1. The Morgan fingerprint density at radius 1 is 1.37 bits per heavy atom. The first-order chi connectivity index (χ1) is 8.80. The van der Waals surface area contributed by atoms with Crippen LogP contribution in [0.3, 0.4) is 0 Å². The van der Waals surface area contributed by atoms with E-state index in [4.69, 9.17) is 11.5 Å². The summed E-state index contributed by atoms with van der Waals surface area (Å²) in [5, 5.41) is 0. The van der Waals surface area contributed by atoms with E-state index < -0.39 is 15.9 Å². The minimum absolute atomic E-state index is 0.0461. The monoisotopic (exact) mass is 347 g/mol. The Morgan fingerprint density at radius 2 is 2.05 bits per heavy atom. The smallest absolute Gasteiger partial charge is 0.248 e. The zero-order chi connectivity index (χ0) is 14.2. The number of amides is 1. The first-order valence-electron chi connectivity index (χ1n) is 5.67. The molecule has 104 valence electrons. The number of nitrogens with zero attached hydrogens (tertiary/aromatic N) is 1. The number of benzene rings is 1. The van der Waals surface area contributed by atoms with Gasteiger partial charge in [0.05, 0.1) is 4.90 Å². The fourth-order valence-corrected chi connectivity index (χ4v) is 4.20. The van der Waals surface area contributed by atoms with Gasteiger partial charge in [-0.2, -0.15) is 4.31 Å². The van der Waals surface area contributed by atoms with E-state index in [2.05, 4.69) is 15.9 Å². The van der Waals surface area contributed by atoms with Crippen LogP contribution in [-0.2, 0) is 10.0 Å². The lowest BCUT2D eigenvalue weighted by atomic mass is 10.2. The van der Waals surface area contributed by atoms with Crippen LogP contribution in [0.15, 0.2) is 27.6 Å². The largest absolute Gasteiger partial charge is 0.366 e. The van der Waals surface area contributed by atoms with Crippen molar-refractivity contribution in [3.05, 3.63) is 28.2 Å². The van der Waals surface area contributed by atoms with Crippen LogP contribution in [0.4, 0.5) is 0 Å². The summed E-state index contributed by atoms with van der Waals surface area (Å²) < 4.78 is 26.6. The second-order valence-corrected chi connectivity index (χ2v) is 7.31. The van der Waals surface area contributed by atoms with E-state index in [1.807, 2.05) is 0 Å². The van der Waals surface area contributed by atoms with E-state index in [1.165, 1.54) is 22.5 Å². The summed E-state index contributed by atoms with van der Waals surface area (Å²) >= 11 is 3.18. The van der Waals surface area contributed by atoms with Gasteiger partial charge >= 0.3 is 0 Å². The second-order valence-electron chi connectivity index (χ2n) is 4.45. The summed E-state index contributed by atoms with van der Waals surface area (Å²) in [6.45, 7) is 0.683. The highest BCUT2D eigenvalue weighted by atomic mass is 79.9. The van der Waals surface area contributed by atoms with Crippen molar-refractivity contribution in [2.45, 2.75) is 17.4 Å². The number of nitrogens with two attached hydrogens (primary N) is 2. The molecule has 8 heteroatoms. The van der Waals surface area contributed by atoms with Crippen LogP contribution < -0.4 is 11.5 Å². The standard InChI is InChI=1S/C11H14BrN3O3S/c12-8-3-7(11(14)16)4-10(5-8)19(17,18)15-2-1-9(13)6-15/h3-5,9H,1-2,6,13H2,(H2,14,16). The summed E-state index contributed by atoms with van der Waals surface area (Å²) in [4.78, 5) is 11.2. The van der Waals surface area contributed by atoms with Gasteiger partial charge in [0.2, 0.25) is 15.9 Å². The first-order valence-corrected chi connectivity index (χ1v) is 7.90. The molecular formula is C11H14BrN3O3S. The highest BCUT2D eigenvalue weighted by molar-refractivity contribution is 9.10. The molecule has 1 aromatic carbocycles. The molecule has 1 heterocycles. The van der Waals surface area contributed by atoms with Crippen molar-refractivity contribution >= 4 is 31.9 Å². The van der Waals surface area contributed by atoms with Crippen molar-refractivity contribution in [1.29, 1.82) is 0 Å². The molecule has 0 radical (unpaired) electrons. The molecule has 4 N–H and O–H groups in total. The Bertz CT molecular complexity index is 618. The molecule has 1 aromatic rings. The van der Waals surface area contributed by atoms with Crippen LogP contribution in [0.1, 0.15) is 16.8 Å². The van der Waals surface area contributed by atoms with E-state index in [9.17, 15) is 13.2 Å². The van der Waals surface area contributed by atoms with Gasteiger partial charge < -0.3 is 11.5 Å². The van der Waals surface area contributed by atoms with Crippen molar-refractivity contribution in [2.75, 3.05) is 13.1 Å². The van der Waals surface area contributed by atoms with E-state index in [0.29, 0.717) is 24.0 Å². The number of hydrogen-bond donors (Lipinski definition) is 2. The topological polar surface area (TPSA) is 106 Å². The lowest BCUT2D eigenvalue weighted by Crippen LogP contribution is -2.32. The quantitative estimate of drug-likeness (QED) is 0.818. The van der Waals surface area contributed by atoms with Gasteiger partial charge in [0.1, 0.15) is 0 Å². The van der Waals surface area contributed by atoms with E-state index >= 15 is 0 Å². The molecule has 1 unspecified atom stereocenters. The second kappa shape index (κ2) is 5.20. The molecule has 0 spiro atoms. The molecule has 1 amide bonds. The highest BCUT2D eigenvalue weighted by Crippen LogP contribution is 2.24. The van der Waals surface area contributed by atoms with Gasteiger partial charge in [-0.25, -0.2) is 8.42 Å². The zero-order valence-corrected chi connectivity index (χ0v) is 12.4. The Hall–Kier alpha value is -0.960. The van der Waals surface area contributed by atoms with Gasteiger partial charge in [-0.05, 0) is 24.6 Å². The molecule has 1 aliphatic rings. The summed E-state index contributed by atoms with van der Waals surface area (Å²) in [5.41, 5.74) is 11.1. The van der Waals surface area contributed by atoms with Crippen molar-refractivity contribution in [3.8, 4) is 0 Å². The predicted octanol–water partition coefficient (Wildman–Crippen LogP) is 0.270. The molecule has 2 rings (SSSR count). The fourth-order valence-electron chi connectivity index (χ4n) is 1.98. The van der Waals surface area contributed by atoms with Crippen LogP contribution in [0.5, 0.6) is 0 Å². The fraction of sp³-hybridized carbons (Fsp3) is 0.364. The van der Waals surface area contributed by atoms with Crippen LogP contribution >= 0.6 is 15.9 Å². The highest BCUT2D eigenvalue weighted by Gasteiger charge is 2.31. The van der Waals surface area contributed by atoms with Gasteiger partial charge in [-0.15, -0.1) is 0 Å². The summed E-state index contributed by atoms with van der Waals surface area (Å²) in [6, 6.07) is 4.08. The average molecular weight is 348 g/mol. The Balaban J connectivity index is 2.43. The van der Waals surface area contributed by atoms with Crippen molar-refractivity contribution < 1.29 is 13.2 Å². The van der Waals surface area contributed by atoms with Crippen LogP contribution in [0.25, 0.3) is 0 Å². The minimum atomic E-state index is -3.63. The zero-order valence-electron chi connectivity index (χ0n) is 10.0. The Kier molecular flexibility index (Phi) is 3.95. The molecule has 1 saturated heterocycles. The molecule has 1 aliphatic heterocycles. The third kappa shape index (κ3) is 2.97. The lowest BCUT2D eigenvalue weighted by molar-refractivity contribution is 0.1000. The number of rotatable bonds is 3. The van der Waals surface area contributed by atoms with Crippen molar-refractivity contribution in [3.63, 3.8) is 0 Å². The third-order valence-corrected chi connectivity index (χ3v) is 5.28. The molecule has 19 heavy (non-hydrogen) atoms. The van der Waals surface area contributed by atoms with Crippen molar-refractivity contribution in [1.82, 2.24) is 4.31 Å². The van der Waals surface area contributed by atoms with Crippen LogP contribution in [0, 0.1) is 0 Å². The normalized spacial score (nSPS) is 20.6. The Labute approximate surface area is 119 Å². The van der Waals surface area contributed by atoms with E-state index in [0.717, 1.165) is 0 Å². The molecule has 0 bridgehead atoms. The van der Waals surface area contributed by atoms with E-state index in [1.54, 1.807) is 0 Å². The summed E-state index contributed by atoms with van der Waals surface area (Å²) in [5.74, 6) is -0.670. The lowest BCUT2D eigenvalue weighted by Gasteiger charge is -2.16. The SMILES string of the molecule is NC(=O)c1cc(Br)cc(S(=O)(=O)N2CCC(N)C2)c1. The average Bonchev–Trinajstić information content (AvgIpc) is 2.75. The number of halogens is 1. The third-order valence-electron chi connectivity index (χ3n) is 2.98. The van der Waals surface area contributed by atoms with E-state index in [-0.39, 0.29) is 16.5 Å². The molecule has 0 aromatic heterocycles. The van der Waals surface area contributed by atoms with Crippen LogP contribution in [0.2, 0.25) is 0 Å². The first kappa shape index (κ1) is 14.4. The molecule has 1 atom stereocenters. The predicted molar refractivity (Wildman–Crippen MR) is 74.0 cm³/mol. The van der Waals surface area contributed by atoms with Crippen LogP contribution in [-0.4, -0.2) is 37.8 Å². The molecule has 0 saturated carbocycles. The number of carbonyl (C=O) groups excluding carboxylic acids is 1. The summed E-state index contributed by atoms with van der Waals surface area (Å²) in [6.07, 6.45) is 0.635. The maximum atomic E-state index is 12.4. The maximum absolute atomic E-state index is 12.4. The number of sulfonamides is 1. The molecule has 6 nitrogen and oxygen atoms in total.